The quantitative estimate of drug-likeness (QED) is 0.608. The van der Waals surface area contributed by atoms with Crippen molar-refractivity contribution in [2.45, 2.75) is 95.7 Å². The molecule has 0 aromatic carbocycles. The number of carbonyl (C=O) groups is 1. The Bertz CT molecular complexity index is 1110. The second kappa shape index (κ2) is 10.5. The van der Waals surface area contributed by atoms with Gasteiger partial charge in [0.15, 0.2) is 0 Å². The predicted molar refractivity (Wildman–Crippen MR) is 139 cm³/mol. The Labute approximate surface area is 207 Å². The maximum atomic E-state index is 12.8. The zero-order valence-corrected chi connectivity index (χ0v) is 21.0. The van der Waals surface area contributed by atoms with Crippen LogP contribution in [-0.4, -0.2) is 61.4 Å². The molecule has 3 aliphatic rings. The third-order valence-corrected chi connectivity index (χ3v) is 7.88. The molecule has 8 heteroatoms. The van der Waals surface area contributed by atoms with Crippen molar-refractivity contribution in [3.8, 4) is 0 Å². The first-order valence-corrected chi connectivity index (χ1v) is 13.4. The lowest BCUT2D eigenvalue weighted by molar-refractivity contribution is -0.125. The summed E-state index contributed by atoms with van der Waals surface area (Å²) in [6, 6.07) is 0.673. The number of hydrogen-bond donors (Lipinski definition) is 2. The fourth-order valence-corrected chi connectivity index (χ4v) is 5.87. The molecular weight excluding hydrogens is 440 g/mol. The van der Waals surface area contributed by atoms with Gasteiger partial charge in [-0.3, -0.25) is 9.79 Å². The summed E-state index contributed by atoms with van der Waals surface area (Å²) in [4.78, 5) is 28.6. The number of carbonyl (C=O) groups excluding carboxylic acids is 1. The Morgan fingerprint density at radius 1 is 1.20 bits per heavy atom. The van der Waals surface area contributed by atoms with E-state index in [0.717, 1.165) is 75.5 Å². The molecule has 0 bridgehead atoms. The molecule has 1 atom stereocenters. The number of allylic oxidation sites excluding steroid dienone is 1. The molecular formula is C27H38N6O2. The number of amides is 1. The molecule has 188 valence electrons. The van der Waals surface area contributed by atoms with Crippen molar-refractivity contribution in [3.63, 3.8) is 0 Å². The van der Waals surface area contributed by atoms with Gasteiger partial charge in [-0.15, -0.1) is 0 Å². The van der Waals surface area contributed by atoms with E-state index in [9.17, 15) is 9.90 Å². The minimum Gasteiger partial charge on any atom is -0.393 e. The van der Waals surface area contributed by atoms with Crippen LogP contribution in [0.15, 0.2) is 29.7 Å². The largest absolute Gasteiger partial charge is 0.393 e. The summed E-state index contributed by atoms with van der Waals surface area (Å²) in [5.74, 6) is 1.14. The zero-order chi connectivity index (χ0) is 24.4. The molecule has 0 spiro atoms. The number of aliphatic imine (C=N–C) groups is 1. The van der Waals surface area contributed by atoms with Crippen LogP contribution in [0.1, 0.15) is 89.2 Å². The summed E-state index contributed by atoms with van der Waals surface area (Å²) >= 11 is 0. The highest BCUT2D eigenvalue weighted by Gasteiger charge is 2.30. The number of nitrogens with one attached hydrogen (secondary N) is 1. The lowest BCUT2D eigenvalue weighted by Crippen LogP contribution is -2.41. The maximum absolute atomic E-state index is 12.8. The van der Waals surface area contributed by atoms with Crippen LogP contribution in [0, 0.1) is 0 Å². The number of piperidine rings is 1. The van der Waals surface area contributed by atoms with Crippen LogP contribution in [0.2, 0.25) is 0 Å². The number of nitrogens with zero attached hydrogens (tertiary/aromatic N) is 5. The highest BCUT2D eigenvalue weighted by molar-refractivity contribution is 6.39. The maximum Gasteiger partial charge on any atom is 0.268 e. The van der Waals surface area contributed by atoms with Gasteiger partial charge in [-0.05, 0) is 63.4 Å². The van der Waals surface area contributed by atoms with Crippen LogP contribution in [0.25, 0.3) is 11.0 Å². The standard InChI is InChI=1S/C27H38N6O2/c1-3-5-18(2)30-27-29-16-22-23(17-33(25(22)31-27)20-7-9-21(34)10-8-20)19-11-14-32(15-12-19)26(35)24-6-4-13-28-24/h4,13,16-21,34H,3,5-12,14-15H2,1-2H3,(H,29,30,31)/t18-,20?,21?/m0/s1. The summed E-state index contributed by atoms with van der Waals surface area (Å²) in [6.45, 7) is 5.86. The van der Waals surface area contributed by atoms with Gasteiger partial charge in [-0.25, -0.2) is 4.98 Å². The molecule has 5 rings (SSSR count). The first-order valence-electron chi connectivity index (χ1n) is 13.4. The SMILES string of the molecule is CCC[C@H](C)Nc1ncc2c(C3CCN(C(=O)C4=NC=CC4)CC3)cn(C3CCC(O)CC3)c2n1. The summed E-state index contributed by atoms with van der Waals surface area (Å²) in [5, 5.41) is 14.6. The first-order chi connectivity index (χ1) is 17.0. The van der Waals surface area contributed by atoms with Gasteiger partial charge in [0.05, 0.1) is 6.10 Å². The van der Waals surface area contributed by atoms with Crippen LogP contribution in [0.3, 0.4) is 0 Å². The second-order valence-corrected chi connectivity index (χ2v) is 10.5. The van der Waals surface area contributed by atoms with E-state index in [0.29, 0.717) is 36.1 Å². The Hall–Kier alpha value is -2.74. The molecule has 2 fully saturated rings. The average molecular weight is 479 g/mol. The van der Waals surface area contributed by atoms with E-state index in [1.54, 1.807) is 6.20 Å². The summed E-state index contributed by atoms with van der Waals surface area (Å²) in [5.41, 5.74) is 2.95. The van der Waals surface area contributed by atoms with E-state index in [1.807, 2.05) is 17.2 Å². The lowest BCUT2D eigenvalue weighted by atomic mass is 9.89. The van der Waals surface area contributed by atoms with Crippen LogP contribution in [0.5, 0.6) is 0 Å². The second-order valence-electron chi connectivity index (χ2n) is 10.5. The van der Waals surface area contributed by atoms with Crippen molar-refractivity contribution in [2.24, 2.45) is 4.99 Å². The number of hydrogen-bond acceptors (Lipinski definition) is 6. The highest BCUT2D eigenvalue weighted by atomic mass is 16.3. The van der Waals surface area contributed by atoms with Crippen LogP contribution in [-0.2, 0) is 4.79 Å². The molecule has 1 amide bonds. The molecule has 1 saturated heterocycles. The van der Waals surface area contributed by atoms with Crippen molar-refractivity contribution in [1.29, 1.82) is 0 Å². The fraction of sp³-hybridized carbons (Fsp3) is 0.630. The molecule has 2 aromatic heterocycles. The van der Waals surface area contributed by atoms with Gasteiger partial charge in [0.2, 0.25) is 5.95 Å². The molecule has 2 aliphatic heterocycles. The number of anilines is 1. The lowest BCUT2D eigenvalue weighted by Gasteiger charge is -2.32. The smallest absolute Gasteiger partial charge is 0.268 e. The van der Waals surface area contributed by atoms with Crippen molar-refractivity contribution >= 4 is 28.6 Å². The Kier molecular flexibility index (Phi) is 7.18. The number of likely N-dealkylation sites (tertiary alicyclic amines) is 1. The Morgan fingerprint density at radius 2 is 1.97 bits per heavy atom. The van der Waals surface area contributed by atoms with Gasteiger partial charge in [-0.1, -0.05) is 19.4 Å². The molecule has 0 unspecified atom stereocenters. The van der Waals surface area contributed by atoms with E-state index < -0.39 is 0 Å². The number of aliphatic hydroxyl groups is 1. The van der Waals surface area contributed by atoms with Crippen LogP contribution >= 0.6 is 0 Å². The summed E-state index contributed by atoms with van der Waals surface area (Å²) in [7, 11) is 0. The van der Waals surface area contributed by atoms with Crippen molar-refractivity contribution in [1.82, 2.24) is 19.4 Å². The summed E-state index contributed by atoms with van der Waals surface area (Å²) in [6.07, 6.45) is 16.1. The Balaban J connectivity index is 1.39. The first kappa shape index (κ1) is 24.0. The van der Waals surface area contributed by atoms with E-state index >= 15 is 0 Å². The fourth-order valence-electron chi connectivity index (χ4n) is 5.87. The van der Waals surface area contributed by atoms with Gasteiger partial charge < -0.3 is 19.9 Å². The number of fused-ring (bicyclic) bond motifs is 1. The van der Waals surface area contributed by atoms with Gasteiger partial charge in [0, 0.05) is 55.6 Å². The average Bonchev–Trinajstić information content (AvgIpc) is 3.53. The third kappa shape index (κ3) is 5.13. The zero-order valence-electron chi connectivity index (χ0n) is 21.0. The van der Waals surface area contributed by atoms with Gasteiger partial charge in [0.25, 0.3) is 5.91 Å². The topological polar surface area (TPSA) is 95.6 Å². The van der Waals surface area contributed by atoms with Crippen molar-refractivity contribution in [2.75, 3.05) is 18.4 Å². The van der Waals surface area contributed by atoms with Crippen molar-refractivity contribution < 1.29 is 9.90 Å². The van der Waals surface area contributed by atoms with E-state index in [1.165, 1.54) is 5.56 Å². The van der Waals surface area contributed by atoms with Crippen LogP contribution < -0.4 is 5.32 Å². The monoisotopic (exact) mass is 478 g/mol. The predicted octanol–water partition coefficient (Wildman–Crippen LogP) is 4.57. The van der Waals surface area contributed by atoms with E-state index in [-0.39, 0.29) is 12.0 Å². The van der Waals surface area contributed by atoms with Crippen LogP contribution in [0.4, 0.5) is 5.95 Å². The molecule has 2 aromatic rings. The summed E-state index contributed by atoms with van der Waals surface area (Å²) < 4.78 is 2.35. The molecule has 2 N–H and O–H groups in total. The molecule has 4 heterocycles. The Morgan fingerprint density at radius 3 is 2.66 bits per heavy atom. The molecule has 1 saturated carbocycles. The number of aromatic nitrogens is 3. The van der Waals surface area contributed by atoms with Crippen molar-refractivity contribution in [3.05, 3.63) is 30.2 Å². The minimum absolute atomic E-state index is 0.0805. The molecule has 35 heavy (non-hydrogen) atoms. The number of rotatable bonds is 7. The van der Waals surface area contributed by atoms with Gasteiger partial charge >= 0.3 is 0 Å². The third-order valence-electron chi connectivity index (χ3n) is 7.88. The van der Waals surface area contributed by atoms with E-state index in [4.69, 9.17) is 4.98 Å². The minimum atomic E-state index is -0.184. The van der Waals surface area contributed by atoms with Gasteiger partial charge in [0.1, 0.15) is 11.4 Å². The molecule has 8 nitrogen and oxygen atoms in total. The molecule has 0 radical (unpaired) electrons. The number of aliphatic hydroxyl groups excluding tert-OH is 1. The molecule has 1 aliphatic carbocycles. The normalized spacial score (nSPS) is 24.1. The van der Waals surface area contributed by atoms with E-state index in [2.05, 4.69) is 39.9 Å². The van der Waals surface area contributed by atoms with Gasteiger partial charge in [-0.2, -0.15) is 4.98 Å². The highest BCUT2D eigenvalue weighted by Crippen LogP contribution is 2.38.